The first-order valence-electron chi connectivity index (χ1n) is 6.31. The lowest BCUT2D eigenvalue weighted by atomic mass is 10.1. The SMILES string of the molecule is CNC(c1ccc(Cl)s1)c1ccnn1-c1ccccc1. The van der Waals surface area contributed by atoms with E-state index in [1.54, 1.807) is 11.3 Å². The second-order valence-corrected chi connectivity index (χ2v) is 6.11. The number of rotatable bonds is 4. The molecule has 3 aromatic rings. The maximum absolute atomic E-state index is 6.05. The maximum Gasteiger partial charge on any atom is 0.0931 e. The summed E-state index contributed by atoms with van der Waals surface area (Å²) in [4.78, 5) is 1.18. The van der Waals surface area contributed by atoms with Crippen molar-refractivity contribution in [1.29, 1.82) is 0 Å². The third-order valence-electron chi connectivity index (χ3n) is 3.14. The minimum absolute atomic E-state index is 0.0789. The van der Waals surface area contributed by atoms with Crippen LogP contribution in [-0.2, 0) is 0 Å². The Balaban J connectivity index is 2.04. The van der Waals surface area contributed by atoms with Gasteiger partial charge in [0.05, 0.1) is 21.8 Å². The van der Waals surface area contributed by atoms with E-state index in [1.165, 1.54) is 4.88 Å². The van der Waals surface area contributed by atoms with Crippen molar-refractivity contribution in [3.8, 4) is 5.69 Å². The molecule has 0 aliphatic rings. The molecule has 3 nitrogen and oxygen atoms in total. The van der Waals surface area contributed by atoms with Crippen molar-refractivity contribution in [3.05, 3.63) is 69.6 Å². The Hall–Kier alpha value is -1.62. The van der Waals surface area contributed by atoms with Gasteiger partial charge in [0, 0.05) is 11.1 Å². The highest BCUT2D eigenvalue weighted by Crippen LogP contribution is 2.31. The number of nitrogens with zero attached hydrogens (tertiary/aromatic N) is 2. The number of aromatic nitrogens is 2. The fourth-order valence-electron chi connectivity index (χ4n) is 2.24. The molecule has 20 heavy (non-hydrogen) atoms. The molecule has 0 bridgehead atoms. The highest BCUT2D eigenvalue weighted by Gasteiger charge is 2.19. The summed E-state index contributed by atoms with van der Waals surface area (Å²) in [7, 11) is 1.95. The van der Waals surface area contributed by atoms with E-state index in [0.29, 0.717) is 0 Å². The van der Waals surface area contributed by atoms with Crippen molar-refractivity contribution in [3.63, 3.8) is 0 Å². The van der Waals surface area contributed by atoms with Crippen molar-refractivity contribution in [2.75, 3.05) is 7.05 Å². The van der Waals surface area contributed by atoms with Crippen LogP contribution in [0.15, 0.2) is 54.7 Å². The molecule has 5 heteroatoms. The molecule has 1 unspecified atom stereocenters. The summed E-state index contributed by atoms with van der Waals surface area (Å²) in [5.41, 5.74) is 2.15. The molecule has 0 amide bonds. The van der Waals surface area contributed by atoms with Crippen molar-refractivity contribution in [2.45, 2.75) is 6.04 Å². The molecular weight excluding hydrogens is 290 g/mol. The molecule has 0 aliphatic carbocycles. The molecule has 0 saturated carbocycles. The number of thiophene rings is 1. The molecule has 0 fully saturated rings. The summed E-state index contributed by atoms with van der Waals surface area (Å²) in [6.07, 6.45) is 1.82. The van der Waals surface area contributed by atoms with Gasteiger partial charge in [0.15, 0.2) is 0 Å². The first-order chi connectivity index (χ1) is 9.79. The second kappa shape index (κ2) is 5.79. The van der Waals surface area contributed by atoms with Crippen molar-refractivity contribution >= 4 is 22.9 Å². The highest BCUT2D eigenvalue weighted by molar-refractivity contribution is 7.16. The summed E-state index contributed by atoms with van der Waals surface area (Å²) in [6.45, 7) is 0. The summed E-state index contributed by atoms with van der Waals surface area (Å²) >= 11 is 7.63. The normalized spacial score (nSPS) is 12.5. The number of para-hydroxylation sites is 1. The third-order valence-corrected chi connectivity index (χ3v) is 4.43. The monoisotopic (exact) mass is 303 g/mol. The Morgan fingerprint density at radius 1 is 1.15 bits per heavy atom. The van der Waals surface area contributed by atoms with Gasteiger partial charge in [-0.25, -0.2) is 4.68 Å². The van der Waals surface area contributed by atoms with Gasteiger partial charge in [0.1, 0.15) is 0 Å². The molecule has 102 valence electrons. The molecule has 0 saturated heterocycles. The van der Waals surface area contributed by atoms with E-state index in [1.807, 2.05) is 60.4 Å². The number of benzene rings is 1. The van der Waals surface area contributed by atoms with Crippen molar-refractivity contribution in [1.82, 2.24) is 15.1 Å². The van der Waals surface area contributed by atoms with E-state index < -0.39 is 0 Å². The minimum atomic E-state index is 0.0789. The maximum atomic E-state index is 6.05. The van der Waals surface area contributed by atoms with E-state index in [0.717, 1.165) is 15.7 Å². The smallest absolute Gasteiger partial charge is 0.0931 e. The summed E-state index contributed by atoms with van der Waals surface area (Å²) in [5, 5.41) is 7.77. The second-order valence-electron chi connectivity index (χ2n) is 4.37. The first kappa shape index (κ1) is 13.4. The van der Waals surface area contributed by atoms with Gasteiger partial charge >= 0.3 is 0 Å². The predicted molar refractivity (Wildman–Crippen MR) is 83.8 cm³/mol. The Labute approximate surface area is 126 Å². The molecule has 1 N–H and O–H groups in total. The summed E-state index contributed by atoms with van der Waals surface area (Å²) in [5.74, 6) is 0. The van der Waals surface area contributed by atoms with Crippen LogP contribution in [-0.4, -0.2) is 16.8 Å². The lowest BCUT2D eigenvalue weighted by Crippen LogP contribution is -2.20. The van der Waals surface area contributed by atoms with E-state index in [4.69, 9.17) is 11.6 Å². The van der Waals surface area contributed by atoms with Gasteiger partial charge in [-0.1, -0.05) is 29.8 Å². The van der Waals surface area contributed by atoms with E-state index in [2.05, 4.69) is 16.5 Å². The van der Waals surface area contributed by atoms with E-state index in [9.17, 15) is 0 Å². The van der Waals surface area contributed by atoms with E-state index in [-0.39, 0.29) is 6.04 Å². The zero-order chi connectivity index (χ0) is 13.9. The molecule has 0 aliphatic heterocycles. The number of hydrogen-bond donors (Lipinski definition) is 1. The van der Waals surface area contributed by atoms with Crippen LogP contribution in [0, 0.1) is 0 Å². The van der Waals surface area contributed by atoms with Gasteiger partial charge in [0.25, 0.3) is 0 Å². The molecule has 0 radical (unpaired) electrons. The van der Waals surface area contributed by atoms with Gasteiger partial charge in [-0.2, -0.15) is 5.10 Å². The first-order valence-corrected chi connectivity index (χ1v) is 7.51. The van der Waals surface area contributed by atoms with Gasteiger partial charge in [-0.15, -0.1) is 11.3 Å². The average molecular weight is 304 g/mol. The average Bonchev–Trinajstić information content (AvgIpc) is 3.11. The zero-order valence-corrected chi connectivity index (χ0v) is 12.5. The van der Waals surface area contributed by atoms with Crippen LogP contribution in [0.2, 0.25) is 4.34 Å². The fourth-order valence-corrected chi connectivity index (χ4v) is 3.42. The Morgan fingerprint density at radius 2 is 1.95 bits per heavy atom. The van der Waals surface area contributed by atoms with Crippen LogP contribution < -0.4 is 5.32 Å². The third kappa shape index (κ3) is 2.50. The molecule has 3 rings (SSSR count). The van der Waals surface area contributed by atoms with Gasteiger partial charge in [-0.3, -0.25) is 0 Å². The van der Waals surface area contributed by atoms with Gasteiger partial charge in [0.2, 0.25) is 0 Å². The Bertz CT molecular complexity index is 690. The van der Waals surface area contributed by atoms with Crippen molar-refractivity contribution < 1.29 is 0 Å². The van der Waals surface area contributed by atoms with Crippen LogP contribution in [0.4, 0.5) is 0 Å². The van der Waals surface area contributed by atoms with Crippen LogP contribution in [0.5, 0.6) is 0 Å². The van der Waals surface area contributed by atoms with Crippen LogP contribution in [0.1, 0.15) is 16.6 Å². The fraction of sp³-hybridized carbons (Fsp3) is 0.133. The molecule has 2 aromatic heterocycles. The number of hydrogen-bond acceptors (Lipinski definition) is 3. The van der Waals surface area contributed by atoms with Crippen molar-refractivity contribution in [2.24, 2.45) is 0 Å². The minimum Gasteiger partial charge on any atom is -0.307 e. The lowest BCUT2D eigenvalue weighted by Gasteiger charge is -2.16. The Morgan fingerprint density at radius 3 is 2.60 bits per heavy atom. The molecule has 1 atom stereocenters. The quantitative estimate of drug-likeness (QED) is 0.792. The lowest BCUT2D eigenvalue weighted by molar-refractivity contribution is 0.646. The largest absolute Gasteiger partial charge is 0.307 e. The summed E-state index contributed by atoms with van der Waals surface area (Å²) in [6, 6.07) is 16.2. The molecular formula is C15H14ClN3S. The highest BCUT2D eigenvalue weighted by atomic mass is 35.5. The summed E-state index contributed by atoms with van der Waals surface area (Å²) < 4.78 is 2.75. The molecule has 1 aromatic carbocycles. The van der Waals surface area contributed by atoms with Crippen LogP contribution in [0.3, 0.4) is 0 Å². The Kier molecular flexibility index (Phi) is 3.87. The van der Waals surface area contributed by atoms with Crippen LogP contribution in [0.25, 0.3) is 5.69 Å². The zero-order valence-electron chi connectivity index (χ0n) is 11.0. The van der Waals surface area contributed by atoms with Gasteiger partial charge in [-0.05, 0) is 37.4 Å². The topological polar surface area (TPSA) is 29.9 Å². The number of halogens is 1. The molecule has 0 spiro atoms. The predicted octanol–water partition coefficient (Wildman–Crippen LogP) is 3.90. The van der Waals surface area contributed by atoms with E-state index >= 15 is 0 Å². The number of nitrogens with one attached hydrogen (secondary N) is 1. The van der Waals surface area contributed by atoms with Gasteiger partial charge < -0.3 is 5.32 Å². The van der Waals surface area contributed by atoms with Crippen LogP contribution >= 0.6 is 22.9 Å². The standard InChI is InChI=1S/C15H14ClN3S/c1-17-15(13-7-8-14(16)20-13)12-9-10-18-19(12)11-5-3-2-4-6-11/h2-10,15,17H,1H3. The molecule has 2 heterocycles.